The van der Waals surface area contributed by atoms with Gasteiger partial charge in [0.2, 0.25) is 0 Å². The predicted octanol–water partition coefficient (Wildman–Crippen LogP) is 1.97. The number of hydrogen-bond acceptors (Lipinski definition) is 5. The number of rotatable bonds is 1. The molecule has 0 amide bonds. The Morgan fingerprint density at radius 3 is 2.41 bits per heavy atom. The first-order valence-corrected chi connectivity index (χ1v) is 8.17. The molecule has 1 fully saturated rings. The van der Waals surface area contributed by atoms with Crippen molar-refractivity contribution in [3.8, 4) is 17.2 Å². The van der Waals surface area contributed by atoms with Gasteiger partial charge >= 0.3 is 0 Å². The lowest BCUT2D eigenvalue weighted by molar-refractivity contribution is -0.0124. The largest absolute Gasteiger partial charge is 0.487 e. The van der Waals surface area contributed by atoms with Crippen LogP contribution in [0.3, 0.4) is 0 Å². The van der Waals surface area contributed by atoms with Gasteiger partial charge in [-0.15, -0.1) is 0 Å². The third-order valence-electron chi connectivity index (χ3n) is 5.06. The maximum Gasteiger partial charge on any atom is 0.165 e. The molecule has 5 heteroatoms. The fraction of sp³-hybridized carbons (Fsp3) is 0.647. The second-order valence-electron chi connectivity index (χ2n) is 6.75. The summed E-state index contributed by atoms with van der Waals surface area (Å²) in [5, 5.41) is 3.44. The van der Waals surface area contributed by atoms with E-state index in [1.165, 1.54) is 5.56 Å². The van der Waals surface area contributed by atoms with Gasteiger partial charge in [0.15, 0.2) is 11.5 Å². The first kappa shape index (κ1) is 14.2. The zero-order valence-corrected chi connectivity index (χ0v) is 13.4. The standard InChI is InChI=1S/C17H24N2O3/c1-19(2)13-11-17(3-5-18-6-4-17)22-14-10-16-15(9-12(13)14)20-7-8-21-16/h9-10,13,18H,3-8,11H2,1-2H3. The highest BCUT2D eigenvalue weighted by Gasteiger charge is 2.43. The van der Waals surface area contributed by atoms with Gasteiger partial charge in [0, 0.05) is 24.1 Å². The Hall–Kier alpha value is -1.46. The van der Waals surface area contributed by atoms with Crippen LogP contribution in [0.1, 0.15) is 30.9 Å². The minimum absolute atomic E-state index is 0.0447. The predicted molar refractivity (Wildman–Crippen MR) is 83.9 cm³/mol. The molecule has 0 aromatic heterocycles. The van der Waals surface area contributed by atoms with Gasteiger partial charge in [0.05, 0.1) is 0 Å². The molecule has 1 atom stereocenters. The van der Waals surface area contributed by atoms with Crippen LogP contribution in [-0.4, -0.2) is 50.9 Å². The number of piperidine rings is 1. The molecular weight excluding hydrogens is 280 g/mol. The van der Waals surface area contributed by atoms with Crippen LogP contribution in [0.25, 0.3) is 0 Å². The summed E-state index contributed by atoms with van der Waals surface area (Å²) in [5.74, 6) is 2.63. The van der Waals surface area contributed by atoms with Crippen LogP contribution in [0.5, 0.6) is 17.2 Å². The van der Waals surface area contributed by atoms with E-state index in [4.69, 9.17) is 14.2 Å². The summed E-state index contributed by atoms with van der Waals surface area (Å²) in [7, 11) is 4.29. The normalized spacial score (nSPS) is 25.7. The van der Waals surface area contributed by atoms with E-state index < -0.39 is 0 Å². The fourth-order valence-electron chi connectivity index (χ4n) is 3.82. The van der Waals surface area contributed by atoms with E-state index in [1.807, 2.05) is 6.07 Å². The highest BCUT2D eigenvalue weighted by molar-refractivity contribution is 5.53. The van der Waals surface area contributed by atoms with E-state index in [0.29, 0.717) is 19.3 Å². The first-order valence-electron chi connectivity index (χ1n) is 8.17. The summed E-state index contributed by atoms with van der Waals surface area (Å²) in [6.07, 6.45) is 3.16. The highest BCUT2D eigenvalue weighted by atomic mass is 16.6. The number of nitrogens with zero attached hydrogens (tertiary/aromatic N) is 1. The van der Waals surface area contributed by atoms with Crippen LogP contribution < -0.4 is 19.5 Å². The quantitative estimate of drug-likeness (QED) is 0.859. The zero-order chi connectivity index (χ0) is 15.2. The molecule has 0 saturated carbocycles. The van der Waals surface area contributed by atoms with Crippen LogP contribution in [0, 0.1) is 0 Å². The molecule has 4 rings (SSSR count). The van der Waals surface area contributed by atoms with E-state index in [2.05, 4.69) is 30.4 Å². The monoisotopic (exact) mass is 304 g/mol. The van der Waals surface area contributed by atoms with Gasteiger partial charge < -0.3 is 24.4 Å². The third kappa shape index (κ3) is 2.32. The third-order valence-corrected chi connectivity index (χ3v) is 5.06. The van der Waals surface area contributed by atoms with Gasteiger partial charge in [0.1, 0.15) is 24.6 Å². The average Bonchev–Trinajstić information content (AvgIpc) is 2.53. The maximum atomic E-state index is 6.50. The summed E-state index contributed by atoms with van der Waals surface area (Å²) in [6.45, 7) is 3.28. The van der Waals surface area contributed by atoms with Crippen molar-refractivity contribution in [3.63, 3.8) is 0 Å². The Morgan fingerprint density at radius 1 is 1.05 bits per heavy atom. The highest BCUT2D eigenvalue weighted by Crippen LogP contribution is 2.49. The Kier molecular flexibility index (Phi) is 3.42. The lowest BCUT2D eigenvalue weighted by Gasteiger charge is -2.46. The van der Waals surface area contributed by atoms with Crippen LogP contribution in [-0.2, 0) is 0 Å². The van der Waals surface area contributed by atoms with Crippen LogP contribution in [0.2, 0.25) is 0 Å². The van der Waals surface area contributed by atoms with Crippen molar-refractivity contribution in [2.75, 3.05) is 40.4 Å². The van der Waals surface area contributed by atoms with Gasteiger partial charge in [0.25, 0.3) is 0 Å². The topological polar surface area (TPSA) is 43.0 Å². The first-order chi connectivity index (χ1) is 10.7. The van der Waals surface area contributed by atoms with Crippen molar-refractivity contribution in [2.45, 2.75) is 30.9 Å². The van der Waals surface area contributed by atoms with E-state index in [0.717, 1.165) is 49.6 Å². The molecule has 1 spiro atoms. The van der Waals surface area contributed by atoms with E-state index >= 15 is 0 Å². The Morgan fingerprint density at radius 2 is 1.73 bits per heavy atom. The second kappa shape index (κ2) is 5.32. The number of nitrogens with one attached hydrogen (secondary N) is 1. The average molecular weight is 304 g/mol. The summed E-state index contributed by atoms with van der Waals surface area (Å²) < 4.78 is 18.0. The van der Waals surface area contributed by atoms with Crippen molar-refractivity contribution < 1.29 is 14.2 Å². The van der Waals surface area contributed by atoms with Gasteiger partial charge in [-0.05, 0) is 46.1 Å². The molecule has 1 N–H and O–H groups in total. The van der Waals surface area contributed by atoms with Crippen LogP contribution >= 0.6 is 0 Å². The van der Waals surface area contributed by atoms with Crippen molar-refractivity contribution in [1.29, 1.82) is 0 Å². The molecule has 0 radical (unpaired) electrons. The molecule has 1 aromatic rings. The number of benzene rings is 1. The molecule has 120 valence electrons. The van der Waals surface area contributed by atoms with Crippen molar-refractivity contribution in [1.82, 2.24) is 10.2 Å². The minimum atomic E-state index is -0.0447. The van der Waals surface area contributed by atoms with E-state index in [9.17, 15) is 0 Å². The molecule has 0 aliphatic carbocycles. The zero-order valence-electron chi connectivity index (χ0n) is 13.4. The Balaban J connectivity index is 1.76. The summed E-state index contributed by atoms with van der Waals surface area (Å²) in [5.41, 5.74) is 1.18. The fourth-order valence-corrected chi connectivity index (χ4v) is 3.82. The summed E-state index contributed by atoms with van der Waals surface area (Å²) in [6, 6.07) is 4.50. The minimum Gasteiger partial charge on any atom is -0.487 e. The number of fused-ring (bicyclic) bond motifs is 2. The maximum absolute atomic E-state index is 6.50. The summed E-state index contributed by atoms with van der Waals surface area (Å²) in [4.78, 5) is 2.29. The molecular formula is C17H24N2O3. The molecule has 22 heavy (non-hydrogen) atoms. The lowest BCUT2D eigenvalue weighted by Crippen LogP contribution is -2.50. The van der Waals surface area contributed by atoms with E-state index in [-0.39, 0.29) is 5.60 Å². The smallest absolute Gasteiger partial charge is 0.165 e. The Bertz CT molecular complexity index is 567. The van der Waals surface area contributed by atoms with Gasteiger partial charge in [-0.25, -0.2) is 0 Å². The SMILES string of the molecule is CN(C)C1CC2(CCNCC2)Oc2cc3c(cc21)OCCO3. The van der Waals surface area contributed by atoms with Gasteiger partial charge in [-0.3, -0.25) is 0 Å². The van der Waals surface area contributed by atoms with Crippen molar-refractivity contribution >= 4 is 0 Å². The molecule has 0 bridgehead atoms. The van der Waals surface area contributed by atoms with Gasteiger partial charge in [-0.1, -0.05) is 0 Å². The molecule has 1 aromatic carbocycles. The Labute approximate surface area is 131 Å². The molecule has 3 aliphatic rings. The number of ether oxygens (including phenoxy) is 3. The second-order valence-corrected chi connectivity index (χ2v) is 6.75. The lowest BCUT2D eigenvalue weighted by atomic mass is 9.80. The molecule has 1 unspecified atom stereocenters. The molecule has 1 saturated heterocycles. The van der Waals surface area contributed by atoms with E-state index in [1.54, 1.807) is 0 Å². The van der Waals surface area contributed by atoms with Gasteiger partial charge in [-0.2, -0.15) is 0 Å². The molecule has 5 nitrogen and oxygen atoms in total. The van der Waals surface area contributed by atoms with Crippen molar-refractivity contribution in [3.05, 3.63) is 17.7 Å². The molecule has 3 aliphatic heterocycles. The number of hydrogen-bond donors (Lipinski definition) is 1. The summed E-state index contributed by atoms with van der Waals surface area (Å²) >= 11 is 0. The van der Waals surface area contributed by atoms with Crippen LogP contribution in [0.15, 0.2) is 12.1 Å². The molecule has 3 heterocycles. The van der Waals surface area contributed by atoms with Crippen molar-refractivity contribution in [2.24, 2.45) is 0 Å². The van der Waals surface area contributed by atoms with Crippen LogP contribution in [0.4, 0.5) is 0 Å².